The predicted molar refractivity (Wildman–Crippen MR) is 133 cm³/mol. The molecule has 2 atom stereocenters. The molecule has 2 saturated heterocycles. The van der Waals surface area contributed by atoms with Crippen molar-refractivity contribution >= 4 is 23.2 Å². The molecule has 188 valence electrons. The van der Waals surface area contributed by atoms with Crippen LogP contribution < -0.4 is 10.2 Å². The van der Waals surface area contributed by atoms with E-state index in [-0.39, 0.29) is 23.6 Å². The molecule has 2 fully saturated rings. The van der Waals surface area contributed by atoms with Crippen molar-refractivity contribution in [2.24, 2.45) is 0 Å². The fourth-order valence-corrected chi connectivity index (χ4v) is 4.83. The molecule has 0 radical (unpaired) electrons. The summed E-state index contributed by atoms with van der Waals surface area (Å²) in [7, 11) is 0. The number of hydrogen-bond donors (Lipinski definition) is 2. The summed E-state index contributed by atoms with van der Waals surface area (Å²) in [6, 6.07) is 6.73. The first-order valence-electron chi connectivity index (χ1n) is 12.0. The molecule has 36 heavy (non-hydrogen) atoms. The van der Waals surface area contributed by atoms with E-state index >= 15 is 0 Å². The molecule has 0 saturated carbocycles. The highest BCUT2D eigenvalue weighted by molar-refractivity contribution is 6.04. The summed E-state index contributed by atoms with van der Waals surface area (Å²) in [5, 5.41) is 17.1. The maximum Gasteiger partial charge on any atom is 0.256 e. The lowest BCUT2D eigenvalue weighted by atomic mass is 10.0. The minimum atomic E-state index is -0.478. The van der Waals surface area contributed by atoms with Crippen molar-refractivity contribution in [2.75, 3.05) is 36.4 Å². The number of rotatable bonds is 7. The molecule has 0 unspecified atom stereocenters. The first kappa shape index (κ1) is 24.1. The molecule has 5 rings (SSSR count). The number of amides is 1. The van der Waals surface area contributed by atoms with Crippen molar-refractivity contribution in [1.82, 2.24) is 19.5 Å². The highest BCUT2D eigenvalue weighted by Gasteiger charge is 2.30. The van der Waals surface area contributed by atoms with E-state index in [9.17, 15) is 18.7 Å². The van der Waals surface area contributed by atoms with E-state index in [4.69, 9.17) is 0 Å². The van der Waals surface area contributed by atoms with Gasteiger partial charge in [-0.25, -0.2) is 13.8 Å². The van der Waals surface area contributed by atoms with Gasteiger partial charge in [0.25, 0.3) is 5.91 Å². The number of benzene rings is 1. The Hall–Kier alpha value is -3.63. The van der Waals surface area contributed by atoms with Crippen LogP contribution in [0, 0.1) is 11.6 Å². The highest BCUT2D eigenvalue weighted by Crippen LogP contribution is 2.36. The molecule has 0 bridgehead atoms. The van der Waals surface area contributed by atoms with Crippen LogP contribution >= 0.6 is 0 Å². The van der Waals surface area contributed by atoms with Gasteiger partial charge in [-0.05, 0) is 49.6 Å². The Kier molecular flexibility index (Phi) is 6.80. The van der Waals surface area contributed by atoms with Crippen LogP contribution in [0.4, 0.5) is 20.4 Å². The predicted octanol–water partition coefficient (Wildman–Crippen LogP) is 3.47. The molecule has 2 aliphatic heterocycles. The van der Waals surface area contributed by atoms with Crippen LogP contribution in [0.5, 0.6) is 0 Å². The summed E-state index contributed by atoms with van der Waals surface area (Å²) >= 11 is 0. The van der Waals surface area contributed by atoms with Gasteiger partial charge in [0.2, 0.25) is 0 Å². The van der Waals surface area contributed by atoms with Gasteiger partial charge in [0.15, 0.2) is 11.5 Å². The number of β-amino-alcohol motifs (C(OH)–C–C–N with tert-alkyl or cyclic N) is 1. The van der Waals surface area contributed by atoms with Crippen LogP contribution in [0.15, 0.2) is 60.8 Å². The smallest absolute Gasteiger partial charge is 0.256 e. The fourth-order valence-electron chi connectivity index (χ4n) is 4.83. The van der Waals surface area contributed by atoms with Gasteiger partial charge in [-0.2, -0.15) is 4.52 Å². The Morgan fingerprint density at radius 3 is 2.89 bits per heavy atom. The van der Waals surface area contributed by atoms with Gasteiger partial charge in [0, 0.05) is 37.3 Å². The maximum atomic E-state index is 14.5. The lowest BCUT2D eigenvalue weighted by molar-refractivity contribution is -0.112. The molecule has 2 aliphatic rings. The summed E-state index contributed by atoms with van der Waals surface area (Å²) in [6.07, 6.45) is 6.98. The maximum absolute atomic E-state index is 14.5. The molecule has 4 heterocycles. The average molecular weight is 495 g/mol. The number of imidazole rings is 1. The fraction of sp³-hybridized carbons (Fsp3) is 0.346. The molecule has 0 spiro atoms. The van der Waals surface area contributed by atoms with Crippen LogP contribution in [0.1, 0.15) is 30.9 Å². The van der Waals surface area contributed by atoms with E-state index in [1.54, 1.807) is 18.2 Å². The SMILES string of the molecule is C=C(/C=C\CN1CC[C@@H](O)C1)C(=O)Nc1cnc2ccc(N3CCC[C@@H]3c3cc(F)ccc3F)nn12. The Labute approximate surface area is 207 Å². The average Bonchev–Trinajstić information content (AvgIpc) is 3.60. The molecular formula is C26H28F2N6O2. The number of halogens is 2. The lowest BCUT2D eigenvalue weighted by Gasteiger charge is -2.26. The summed E-state index contributed by atoms with van der Waals surface area (Å²) in [4.78, 5) is 21.1. The highest BCUT2D eigenvalue weighted by atomic mass is 19.1. The number of fused-ring (bicyclic) bond motifs is 1. The van der Waals surface area contributed by atoms with Gasteiger partial charge in [-0.15, -0.1) is 5.10 Å². The van der Waals surface area contributed by atoms with Crippen LogP contribution in [0.3, 0.4) is 0 Å². The third-order valence-electron chi connectivity index (χ3n) is 6.68. The van der Waals surface area contributed by atoms with E-state index in [1.165, 1.54) is 16.8 Å². The van der Waals surface area contributed by atoms with Gasteiger partial charge >= 0.3 is 0 Å². The minimum absolute atomic E-state index is 0.280. The lowest BCUT2D eigenvalue weighted by Crippen LogP contribution is -2.25. The molecule has 1 aromatic carbocycles. The largest absolute Gasteiger partial charge is 0.392 e. The number of likely N-dealkylation sites (tertiary alicyclic amines) is 1. The van der Waals surface area contributed by atoms with Crippen LogP contribution in [-0.4, -0.2) is 62.8 Å². The Bertz CT molecular complexity index is 1320. The van der Waals surface area contributed by atoms with E-state index in [0.29, 0.717) is 48.9 Å². The summed E-state index contributed by atoms with van der Waals surface area (Å²) < 4.78 is 29.8. The zero-order valence-corrected chi connectivity index (χ0v) is 19.8. The van der Waals surface area contributed by atoms with Crippen molar-refractivity contribution in [3.8, 4) is 0 Å². The number of nitrogens with zero attached hydrogens (tertiary/aromatic N) is 5. The number of nitrogens with one attached hydrogen (secondary N) is 1. The molecule has 3 aromatic rings. The minimum Gasteiger partial charge on any atom is -0.392 e. The van der Waals surface area contributed by atoms with Crippen LogP contribution in [-0.2, 0) is 4.79 Å². The van der Waals surface area contributed by atoms with Gasteiger partial charge in [0.05, 0.1) is 18.3 Å². The Balaban J connectivity index is 1.31. The zero-order valence-electron chi connectivity index (χ0n) is 19.8. The van der Waals surface area contributed by atoms with Gasteiger partial charge < -0.3 is 15.3 Å². The monoisotopic (exact) mass is 494 g/mol. The topological polar surface area (TPSA) is 86.0 Å². The van der Waals surface area contributed by atoms with Crippen molar-refractivity contribution in [3.05, 3.63) is 78.0 Å². The molecule has 1 amide bonds. The quantitative estimate of drug-likeness (QED) is 0.387. The van der Waals surface area contributed by atoms with E-state index in [1.807, 2.05) is 11.0 Å². The van der Waals surface area contributed by atoms with E-state index in [0.717, 1.165) is 31.5 Å². The first-order valence-corrected chi connectivity index (χ1v) is 12.0. The number of hydrogen-bond acceptors (Lipinski definition) is 6. The molecule has 0 aliphatic carbocycles. The van der Waals surface area contributed by atoms with Gasteiger partial charge in [0.1, 0.15) is 17.5 Å². The second kappa shape index (κ2) is 10.2. The normalized spacial score (nSPS) is 20.6. The van der Waals surface area contributed by atoms with Gasteiger partial charge in [-0.1, -0.05) is 18.7 Å². The van der Waals surface area contributed by atoms with Crippen molar-refractivity contribution in [3.63, 3.8) is 0 Å². The number of carbonyl (C=O) groups excluding carboxylic acids is 1. The Morgan fingerprint density at radius 1 is 1.22 bits per heavy atom. The third-order valence-corrected chi connectivity index (χ3v) is 6.68. The Morgan fingerprint density at radius 2 is 2.08 bits per heavy atom. The number of aliphatic hydroxyl groups excluding tert-OH is 1. The molecule has 2 N–H and O–H groups in total. The number of carbonyl (C=O) groups is 1. The van der Waals surface area contributed by atoms with Gasteiger partial charge in [-0.3, -0.25) is 9.69 Å². The van der Waals surface area contributed by atoms with Crippen LogP contribution in [0.2, 0.25) is 0 Å². The first-order chi connectivity index (χ1) is 17.4. The van der Waals surface area contributed by atoms with E-state index in [2.05, 4.69) is 26.9 Å². The number of anilines is 2. The molecule has 10 heteroatoms. The summed E-state index contributed by atoms with van der Waals surface area (Å²) in [5.74, 6) is -0.357. The number of aromatic nitrogens is 3. The molecule has 8 nitrogen and oxygen atoms in total. The molecule has 2 aromatic heterocycles. The van der Waals surface area contributed by atoms with Crippen molar-refractivity contribution in [1.29, 1.82) is 0 Å². The summed E-state index contributed by atoms with van der Waals surface area (Å²) in [6.45, 7) is 6.57. The standard InChI is InChI=1S/C26H28F2N6O2/c1-17(4-2-11-32-13-10-19(35)16-32)26(36)30-25-15-29-23-8-9-24(31-34(23)25)33-12-3-5-22(33)20-14-18(27)6-7-21(20)28/h2,4,6-9,14-15,19,22,35H,1,3,5,10-13,16H2,(H,30,36)/b4-2-/t19-,22-/m1/s1. The third kappa shape index (κ3) is 5.00. The van der Waals surface area contributed by atoms with Crippen molar-refractivity contribution in [2.45, 2.75) is 31.4 Å². The summed E-state index contributed by atoms with van der Waals surface area (Å²) in [5.41, 5.74) is 1.12. The number of aliphatic hydroxyl groups is 1. The van der Waals surface area contributed by atoms with Crippen LogP contribution in [0.25, 0.3) is 5.65 Å². The second-order valence-corrected chi connectivity index (χ2v) is 9.21. The second-order valence-electron chi connectivity index (χ2n) is 9.21. The van der Waals surface area contributed by atoms with E-state index < -0.39 is 11.6 Å². The van der Waals surface area contributed by atoms with Crippen molar-refractivity contribution < 1.29 is 18.7 Å². The molecular weight excluding hydrogens is 466 g/mol. The zero-order chi connectivity index (χ0) is 25.2.